The van der Waals surface area contributed by atoms with Crippen LogP contribution in [0.1, 0.15) is 18.9 Å². The summed E-state index contributed by atoms with van der Waals surface area (Å²) in [7, 11) is 0. The summed E-state index contributed by atoms with van der Waals surface area (Å²) in [5, 5.41) is 7.54. The van der Waals surface area contributed by atoms with Crippen molar-refractivity contribution >= 4 is 5.65 Å². The lowest BCUT2D eigenvalue weighted by Gasteiger charge is -2.10. The van der Waals surface area contributed by atoms with Crippen LogP contribution >= 0.6 is 0 Å². The van der Waals surface area contributed by atoms with Gasteiger partial charge in [-0.05, 0) is 25.1 Å². The summed E-state index contributed by atoms with van der Waals surface area (Å²) in [6, 6.07) is 4.13. The summed E-state index contributed by atoms with van der Waals surface area (Å²) in [6.07, 6.45) is -3.30. The van der Waals surface area contributed by atoms with Gasteiger partial charge in [-0.3, -0.25) is 4.40 Å². The van der Waals surface area contributed by atoms with Crippen LogP contribution in [-0.2, 0) is 0 Å². The first-order valence-corrected chi connectivity index (χ1v) is 7.09. The third-order valence-electron chi connectivity index (χ3n) is 3.30. The third-order valence-corrected chi connectivity index (χ3v) is 3.30. The number of pyridine rings is 2. The van der Waals surface area contributed by atoms with Gasteiger partial charge in [-0.25, -0.2) is 13.8 Å². The van der Waals surface area contributed by atoms with Crippen LogP contribution in [0.2, 0.25) is 0 Å². The minimum absolute atomic E-state index is 0.0791. The highest BCUT2D eigenvalue weighted by Gasteiger charge is 2.29. The van der Waals surface area contributed by atoms with Crippen molar-refractivity contribution in [3.05, 3.63) is 42.2 Å². The first kappa shape index (κ1) is 17.1. The van der Waals surface area contributed by atoms with Crippen LogP contribution < -0.4 is 4.74 Å². The van der Waals surface area contributed by atoms with Crippen LogP contribution in [0, 0.1) is 5.82 Å². The molecule has 0 aromatic carbocycles. The number of aromatic nitrogens is 4. The largest absolute Gasteiger partial charge is 0.466 e. The Hall–Kier alpha value is -2.78. The molecule has 0 radical (unpaired) electrons. The maximum Gasteiger partial charge on any atom is 0.422 e. The molecule has 3 aromatic rings. The van der Waals surface area contributed by atoms with Crippen LogP contribution in [-0.4, -0.2) is 32.4 Å². The molecule has 0 saturated heterocycles. The highest BCUT2D eigenvalue weighted by Crippen LogP contribution is 2.26. The number of rotatable bonds is 4. The number of alkyl halides is 4. The lowest BCUT2D eigenvalue weighted by Crippen LogP contribution is -2.20. The number of nitrogens with zero attached hydrogens (tertiary/aromatic N) is 4. The maximum atomic E-state index is 13.9. The van der Waals surface area contributed by atoms with E-state index in [0.29, 0.717) is 11.2 Å². The van der Waals surface area contributed by atoms with Gasteiger partial charge in [0, 0.05) is 23.5 Å². The second-order valence-corrected chi connectivity index (χ2v) is 5.23. The average molecular weight is 358 g/mol. The molecule has 0 aliphatic rings. The van der Waals surface area contributed by atoms with E-state index in [9.17, 15) is 22.0 Å². The van der Waals surface area contributed by atoms with Gasteiger partial charge in [0.2, 0.25) is 0 Å². The molecule has 1 unspecified atom stereocenters. The second-order valence-electron chi connectivity index (χ2n) is 5.23. The molecule has 3 heterocycles. The molecule has 0 aliphatic heterocycles. The lowest BCUT2D eigenvalue weighted by molar-refractivity contribution is -0.154. The van der Waals surface area contributed by atoms with Crippen molar-refractivity contribution in [2.45, 2.75) is 19.3 Å². The predicted molar refractivity (Wildman–Crippen MR) is 77.2 cm³/mol. The van der Waals surface area contributed by atoms with Crippen molar-refractivity contribution in [2.75, 3.05) is 6.61 Å². The average Bonchev–Trinajstić information content (AvgIpc) is 2.96. The summed E-state index contributed by atoms with van der Waals surface area (Å²) in [5.74, 6) is -1.70. The fraction of sp³-hybridized carbons (Fsp3) is 0.267. The molecule has 0 fully saturated rings. The van der Waals surface area contributed by atoms with Crippen LogP contribution in [0.3, 0.4) is 0 Å². The predicted octanol–water partition coefficient (Wildman–Crippen LogP) is 3.90. The number of ether oxygens (including phenoxy) is 1. The molecule has 25 heavy (non-hydrogen) atoms. The number of fused-ring (bicyclic) bond motifs is 1. The normalized spacial score (nSPS) is 13.2. The topological polar surface area (TPSA) is 52.3 Å². The van der Waals surface area contributed by atoms with E-state index in [-0.39, 0.29) is 11.4 Å². The molecule has 0 saturated carbocycles. The van der Waals surface area contributed by atoms with E-state index in [1.54, 1.807) is 12.1 Å². The molecule has 0 N–H and O–H groups in total. The molecule has 0 aliphatic carbocycles. The Balaban J connectivity index is 1.92. The van der Waals surface area contributed by atoms with E-state index in [1.165, 1.54) is 23.7 Å². The van der Waals surface area contributed by atoms with E-state index in [0.717, 1.165) is 6.07 Å². The first-order chi connectivity index (χ1) is 11.7. The zero-order valence-corrected chi connectivity index (χ0v) is 12.8. The number of hydrogen-bond acceptors (Lipinski definition) is 4. The monoisotopic (exact) mass is 358 g/mol. The highest BCUT2D eigenvalue weighted by atomic mass is 19.4. The van der Waals surface area contributed by atoms with Crippen LogP contribution in [0.4, 0.5) is 22.0 Å². The molecular weight excluding hydrogens is 347 g/mol. The first-order valence-electron chi connectivity index (χ1n) is 7.09. The fourth-order valence-electron chi connectivity index (χ4n) is 2.19. The minimum atomic E-state index is -4.59. The zero-order chi connectivity index (χ0) is 18.2. The van der Waals surface area contributed by atoms with Gasteiger partial charge in [0.25, 0.3) is 5.88 Å². The van der Waals surface area contributed by atoms with Gasteiger partial charge in [0.15, 0.2) is 30.1 Å². The summed E-state index contributed by atoms with van der Waals surface area (Å²) in [4.78, 5) is 3.57. The molecule has 10 heteroatoms. The van der Waals surface area contributed by atoms with Crippen molar-refractivity contribution in [1.29, 1.82) is 0 Å². The van der Waals surface area contributed by atoms with E-state index < -0.39 is 30.7 Å². The standard InChI is InChI=1S/C15H11F5N4O/c1-8(16)13-23-22-12-3-2-9(6-24(12)13)10-4-11(17)14(21-5-10)25-7-15(18,19)20/h2-6,8H,7H2,1H3. The minimum Gasteiger partial charge on any atom is -0.466 e. The van der Waals surface area contributed by atoms with Gasteiger partial charge >= 0.3 is 6.18 Å². The van der Waals surface area contributed by atoms with Gasteiger partial charge in [-0.15, -0.1) is 10.2 Å². The highest BCUT2D eigenvalue weighted by molar-refractivity contribution is 5.64. The molecule has 3 rings (SSSR count). The van der Waals surface area contributed by atoms with Crippen molar-refractivity contribution in [3.63, 3.8) is 0 Å². The fourth-order valence-corrected chi connectivity index (χ4v) is 2.19. The molecule has 1 atom stereocenters. The van der Waals surface area contributed by atoms with Crippen molar-refractivity contribution in [3.8, 4) is 17.0 Å². The third kappa shape index (κ3) is 3.67. The molecule has 0 bridgehead atoms. The molecular formula is C15H11F5N4O. The van der Waals surface area contributed by atoms with Crippen LogP contribution in [0.25, 0.3) is 16.8 Å². The van der Waals surface area contributed by atoms with E-state index in [2.05, 4.69) is 19.9 Å². The maximum absolute atomic E-state index is 13.9. The van der Waals surface area contributed by atoms with Crippen molar-refractivity contribution in [1.82, 2.24) is 19.6 Å². The molecule has 5 nitrogen and oxygen atoms in total. The molecule has 132 valence electrons. The van der Waals surface area contributed by atoms with Gasteiger partial charge in [0.05, 0.1) is 0 Å². The smallest absolute Gasteiger partial charge is 0.422 e. The van der Waals surface area contributed by atoms with Crippen LogP contribution in [0.5, 0.6) is 5.88 Å². The lowest BCUT2D eigenvalue weighted by atomic mass is 10.1. The van der Waals surface area contributed by atoms with Crippen LogP contribution in [0.15, 0.2) is 30.6 Å². The summed E-state index contributed by atoms with van der Waals surface area (Å²) in [5.41, 5.74) is 1.15. The second kappa shape index (κ2) is 6.26. The van der Waals surface area contributed by atoms with E-state index in [4.69, 9.17) is 0 Å². The van der Waals surface area contributed by atoms with Crippen molar-refractivity contribution < 1.29 is 26.7 Å². The molecule has 0 spiro atoms. The van der Waals surface area contributed by atoms with E-state index >= 15 is 0 Å². The number of halogens is 5. The van der Waals surface area contributed by atoms with Crippen molar-refractivity contribution in [2.24, 2.45) is 0 Å². The molecule has 0 amide bonds. The zero-order valence-electron chi connectivity index (χ0n) is 12.8. The summed E-state index contributed by atoms with van der Waals surface area (Å²) >= 11 is 0. The Kier molecular flexibility index (Phi) is 4.27. The Morgan fingerprint density at radius 2 is 1.96 bits per heavy atom. The quantitative estimate of drug-likeness (QED) is 0.664. The summed E-state index contributed by atoms with van der Waals surface area (Å²) < 4.78 is 69.5. The Bertz CT molecular complexity index is 907. The van der Waals surface area contributed by atoms with E-state index in [1.807, 2.05) is 0 Å². The Morgan fingerprint density at radius 1 is 1.20 bits per heavy atom. The summed E-state index contributed by atoms with van der Waals surface area (Å²) in [6.45, 7) is -0.336. The van der Waals surface area contributed by atoms with Gasteiger partial charge in [-0.1, -0.05) is 0 Å². The van der Waals surface area contributed by atoms with Gasteiger partial charge in [0.1, 0.15) is 0 Å². The molecule has 3 aromatic heterocycles. The number of hydrogen-bond donors (Lipinski definition) is 0. The van der Waals surface area contributed by atoms with Gasteiger partial charge in [-0.2, -0.15) is 13.2 Å². The Morgan fingerprint density at radius 3 is 2.60 bits per heavy atom. The Labute approximate surface area is 138 Å². The van der Waals surface area contributed by atoms with Gasteiger partial charge < -0.3 is 4.74 Å². The SMILES string of the molecule is CC(F)c1nnc2ccc(-c3cnc(OCC(F)(F)F)c(F)c3)cn12.